The van der Waals surface area contributed by atoms with Crippen molar-refractivity contribution >= 4 is 48.2 Å². The molecule has 0 unspecified atom stereocenters. The van der Waals surface area contributed by atoms with Gasteiger partial charge in [0.05, 0.1) is 0 Å². The van der Waals surface area contributed by atoms with Gasteiger partial charge < -0.3 is 0 Å². The van der Waals surface area contributed by atoms with Gasteiger partial charge in [0.15, 0.2) is 0 Å². The molecule has 0 amide bonds. The summed E-state index contributed by atoms with van der Waals surface area (Å²) in [6.45, 7) is 0. The summed E-state index contributed by atoms with van der Waals surface area (Å²) in [6.07, 6.45) is 3.25. The molecule has 1 aliphatic rings. The highest BCUT2D eigenvalue weighted by Gasteiger charge is 2.31. The molecule has 0 heterocycles. The highest BCUT2D eigenvalue weighted by molar-refractivity contribution is 9.24. The van der Waals surface area contributed by atoms with Crippen LogP contribution in [0.15, 0.2) is 72.8 Å². The van der Waals surface area contributed by atoms with E-state index in [1.54, 1.807) is 0 Å². The Morgan fingerprint density at radius 1 is 0.727 bits per heavy atom. The van der Waals surface area contributed by atoms with Crippen LogP contribution in [-0.4, -0.2) is 0 Å². The average Bonchev–Trinajstić information content (AvgIpc) is 2.55. The highest BCUT2D eigenvalue weighted by Crippen LogP contribution is 2.50. The van der Waals surface area contributed by atoms with Gasteiger partial charge in [-0.3, -0.25) is 0 Å². The quantitative estimate of drug-likeness (QED) is 0.393. The molecule has 2 heteroatoms. The second-order valence-electron chi connectivity index (χ2n) is 5.60. The molecule has 0 radical (unpaired) electrons. The van der Waals surface area contributed by atoms with E-state index in [2.05, 4.69) is 105 Å². The minimum atomic E-state index is -0.162. The molecule has 0 atom stereocenters. The number of benzene rings is 3. The van der Waals surface area contributed by atoms with Crippen molar-refractivity contribution in [2.24, 2.45) is 0 Å². The standard InChI is InChI=1S/C20H14Br2/c21-20(22)13-12-17(18-9-3-4-11-19(18)20)16-10-5-7-14-6-1-2-8-15(14)16/h1-12H,13H2. The summed E-state index contributed by atoms with van der Waals surface area (Å²) in [5.74, 6) is 0. The molecule has 3 aromatic rings. The summed E-state index contributed by atoms with van der Waals surface area (Å²) in [7, 11) is 0. The van der Waals surface area contributed by atoms with Crippen molar-refractivity contribution in [1.29, 1.82) is 0 Å². The van der Waals surface area contributed by atoms with E-state index in [0.717, 1.165) is 6.42 Å². The molecule has 1 aliphatic carbocycles. The summed E-state index contributed by atoms with van der Waals surface area (Å²) in [5, 5.41) is 2.59. The van der Waals surface area contributed by atoms with Gasteiger partial charge in [0, 0.05) is 0 Å². The molecule has 0 nitrogen and oxygen atoms in total. The van der Waals surface area contributed by atoms with Crippen LogP contribution < -0.4 is 0 Å². The lowest BCUT2D eigenvalue weighted by atomic mass is 9.85. The fraction of sp³-hybridized carbons (Fsp3) is 0.100. The number of fused-ring (bicyclic) bond motifs is 2. The first kappa shape index (κ1) is 14.2. The zero-order valence-corrected chi connectivity index (χ0v) is 15.1. The van der Waals surface area contributed by atoms with Gasteiger partial charge in [0.25, 0.3) is 0 Å². The zero-order chi connectivity index (χ0) is 15.2. The van der Waals surface area contributed by atoms with Crippen molar-refractivity contribution in [3.05, 3.63) is 89.5 Å². The lowest BCUT2D eigenvalue weighted by molar-refractivity contribution is 0.914. The van der Waals surface area contributed by atoms with Crippen LogP contribution in [0.3, 0.4) is 0 Å². The van der Waals surface area contributed by atoms with Crippen molar-refractivity contribution < 1.29 is 0 Å². The van der Waals surface area contributed by atoms with E-state index in [1.807, 2.05) is 0 Å². The molecule has 4 rings (SSSR count). The summed E-state index contributed by atoms with van der Waals surface area (Å²) in [4.78, 5) is 0. The zero-order valence-electron chi connectivity index (χ0n) is 11.9. The summed E-state index contributed by atoms with van der Waals surface area (Å²) < 4.78 is -0.162. The Hall–Kier alpha value is -1.38. The van der Waals surface area contributed by atoms with E-state index in [1.165, 1.54) is 33.0 Å². The summed E-state index contributed by atoms with van der Waals surface area (Å²) in [6, 6.07) is 23.7. The van der Waals surface area contributed by atoms with Crippen LogP contribution in [0.1, 0.15) is 23.1 Å². The van der Waals surface area contributed by atoms with Gasteiger partial charge in [-0.15, -0.1) is 0 Å². The number of hydrogen-bond acceptors (Lipinski definition) is 0. The van der Waals surface area contributed by atoms with Gasteiger partial charge >= 0.3 is 0 Å². The Balaban J connectivity index is 1.99. The van der Waals surface area contributed by atoms with Crippen molar-refractivity contribution in [3.8, 4) is 0 Å². The Labute approximate surface area is 147 Å². The highest BCUT2D eigenvalue weighted by atomic mass is 79.9. The molecular weight excluding hydrogens is 400 g/mol. The number of rotatable bonds is 1. The van der Waals surface area contributed by atoms with Crippen LogP contribution in [0.2, 0.25) is 0 Å². The molecular formula is C20H14Br2. The Morgan fingerprint density at radius 3 is 2.32 bits per heavy atom. The van der Waals surface area contributed by atoms with E-state index in [9.17, 15) is 0 Å². The molecule has 0 saturated carbocycles. The summed E-state index contributed by atoms with van der Waals surface area (Å²) >= 11 is 7.63. The van der Waals surface area contributed by atoms with Gasteiger partial charge in [-0.1, -0.05) is 105 Å². The molecule has 0 bridgehead atoms. The third kappa shape index (κ3) is 2.26. The minimum absolute atomic E-state index is 0.162. The number of alkyl halides is 2. The normalized spacial score (nSPS) is 16.2. The first-order valence-corrected chi connectivity index (χ1v) is 8.91. The van der Waals surface area contributed by atoms with Crippen molar-refractivity contribution in [2.75, 3.05) is 0 Å². The predicted molar refractivity (Wildman–Crippen MR) is 102 cm³/mol. The van der Waals surface area contributed by atoms with E-state index in [4.69, 9.17) is 0 Å². The molecule has 108 valence electrons. The number of allylic oxidation sites excluding steroid dienone is 1. The maximum absolute atomic E-state index is 3.81. The Morgan fingerprint density at radius 2 is 1.41 bits per heavy atom. The van der Waals surface area contributed by atoms with E-state index in [0.29, 0.717) is 0 Å². The van der Waals surface area contributed by atoms with Gasteiger partial charge in [-0.05, 0) is 39.5 Å². The maximum Gasteiger partial charge on any atom is 0.109 e. The van der Waals surface area contributed by atoms with Gasteiger partial charge in [-0.2, -0.15) is 0 Å². The molecule has 0 N–H and O–H groups in total. The van der Waals surface area contributed by atoms with Crippen molar-refractivity contribution in [2.45, 2.75) is 9.65 Å². The van der Waals surface area contributed by atoms with Crippen LogP contribution >= 0.6 is 31.9 Å². The van der Waals surface area contributed by atoms with Gasteiger partial charge in [0.1, 0.15) is 3.23 Å². The van der Waals surface area contributed by atoms with Crippen LogP contribution in [0.5, 0.6) is 0 Å². The van der Waals surface area contributed by atoms with Crippen LogP contribution in [0, 0.1) is 0 Å². The number of hydrogen-bond donors (Lipinski definition) is 0. The monoisotopic (exact) mass is 412 g/mol. The lowest BCUT2D eigenvalue weighted by Crippen LogP contribution is -2.15. The van der Waals surface area contributed by atoms with E-state index >= 15 is 0 Å². The third-order valence-electron chi connectivity index (χ3n) is 4.25. The van der Waals surface area contributed by atoms with E-state index < -0.39 is 0 Å². The van der Waals surface area contributed by atoms with Gasteiger partial charge in [-0.25, -0.2) is 0 Å². The summed E-state index contributed by atoms with van der Waals surface area (Å²) in [5.41, 5.74) is 5.21. The number of halogens is 2. The predicted octanol–water partition coefficient (Wildman–Crippen LogP) is 6.62. The van der Waals surface area contributed by atoms with Crippen LogP contribution in [0.25, 0.3) is 16.3 Å². The van der Waals surface area contributed by atoms with Crippen LogP contribution in [0.4, 0.5) is 0 Å². The second-order valence-corrected chi connectivity index (χ2v) is 9.37. The fourth-order valence-corrected chi connectivity index (χ4v) is 4.22. The lowest BCUT2D eigenvalue weighted by Gasteiger charge is -2.29. The molecule has 22 heavy (non-hydrogen) atoms. The Kier molecular flexibility index (Phi) is 3.47. The van der Waals surface area contributed by atoms with Gasteiger partial charge in [0.2, 0.25) is 0 Å². The topological polar surface area (TPSA) is 0 Å². The van der Waals surface area contributed by atoms with Crippen LogP contribution in [-0.2, 0) is 3.23 Å². The third-order valence-corrected chi connectivity index (χ3v) is 5.76. The molecule has 0 aromatic heterocycles. The molecule has 0 aliphatic heterocycles. The molecule has 0 saturated heterocycles. The first-order valence-electron chi connectivity index (χ1n) is 7.33. The molecule has 0 fully saturated rings. The fourth-order valence-electron chi connectivity index (χ4n) is 3.20. The van der Waals surface area contributed by atoms with Crippen molar-refractivity contribution in [3.63, 3.8) is 0 Å². The first-order chi connectivity index (χ1) is 10.7. The average molecular weight is 414 g/mol. The second kappa shape index (κ2) is 5.36. The molecule has 0 spiro atoms. The minimum Gasteiger partial charge on any atom is -0.0734 e. The maximum atomic E-state index is 3.81. The smallest absolute Gasteiger partial charge is 0.0734 e. The SMILES string of the molecule is BrC1(Br)CC=C(c2cccc3ccccc23)c2ccccc21. The Bertz CT molecular complexity index is 886. The largest absolute Gasteiger partial charge is 0.109 e. The molecule has 3 aromatic carbocycles. The van der Waals surface area contributed by atoms with Crippen molar-refractivity contribution in [1.82, 2.24) is 0 Å². The van der Waals surface area contributed by atoms with E-state index in [-0.39, 0.29) is 3.23 Å².